The smallest absolute Gasteiger partial charge is 0.288 e. The van der Waals surface area contributed by atoms with Crippen molar-refractivity contribution in [2.75, 3.05) is 6.54 Å². The summed E-state index contributed by atoms with van der Waals surface area (Å²) in [5.74, 6) is -0.0538. The van der Waals surface area contributed by atoms with Crippen molar-refractivity contribution in [1.29, 1.82) is 0 Å². The van der Waals surface area contributed by atoms with Crippen molar-refractivity contribution in [3.05, 3.63) is 108 Å². The highest BCUT2D eigenvalue weighted by Gasteiger charge is 2.29. The summed E-state index contributed by atoms with van der Waals surface area (Å²) in [6.45, 7) is 6.11. The highest BCUT2D eigenvalue weighted by atomic mass is 35.5. The molecule has 1 amide bonds. The number of halogens is 2. The first-order valence-corrected chi connectivity index (χ1v) is 13.9. The van der Waals surface area contributed by atoms with E-state index in [9.17, 15) is 19.7 Å². The Labute approximate surface area is 242 Å². The average molecular weight is 582 g/mol. The zero-order valence-corrected chi connectivity index (χ0v) is 24.1. The molecule has 0 saturated carbocycles. The molecule has 0 aliphatic heterocycles. The number of unbranched alkanes of at least 4 members (excludes halogenated alkanes) is 3. The van der Waals surface area contributed by atoms with Crippen LogP contribution in [0.2, 0.25) is 10.0 Å². The molecule has 10 heteroatoms. The van der Waals surface area contributed by atoms with Crippen LogP contribution in [0.15, 0.2) is 65.5 Å². The Hall–Kier alpha value is -3.75. The van der Waals surface area contributed by atoms with Gasteiger partial charge in [0.2, 0.25) is 0 Å². The number of para-hydroxylation sites is 1. The number of benzene rings is 3. The fourth-order valence-corrected chi connectivity index (χ4v) is 5.13. The zero-order chi connectivity index (χ0) is 29.0. The van der Waals surface area contributed by atoms with Gasteiger partial charge in [0.1, 0.15) is 10.8 Å². The van der Waals surface area contributed by atoms with Gasteiger partial charge in [-0.2, -0.15) is 0 Å². The van der Waals surface area contributed by atoms with E-state index in [0.29, 0.717) is 46.0 Å². The molecule has 1 unspecified atom stereocenters. The summed E-state index contributed by atoms with van der Waals surface area (Å²) < 4.78 is 1.52. The van der Waals surface area contributed by atoms with E-state index in [1.54, 1.807) is 47.4 Å². The molecule has 0 spiro atoms. The Morgan fingerprint density at radius 3 is 2.52 bits per heavy atom. The van der Waals surface area contributed by atoms with Crippen LogP contribution in [0.25, 0.3) is 16.6 Å². The molecule has 0 radical (unpaired) electrons. The average Bonchev–Trinajstić information content (AvgIpc) is 2.94. The first-order valence-electron chi connectivity index (χ1n) is 13.2. The van der Waals surface area contributed by atoms with E-state index in [1.807, 2.05) is 13.8 Å². The quantitative estimate of drug-likeness (QED) is 0.109. The van der Waals surface area contributed by atoms with Gasteiger partial charge in [0.05, 0.1) is 27.6 Å². The van der Waals surface area contributed by atoms with Crippen molar-refractivity contribution in [1.82, 2.24) is 14.5 Å². The van der Waals surface area contributed by atoms with Crippen LogP contribution in [0.5, 0.6) is 0 Å². The first kappa shape index (κ1) is 29.2. The second-order valence-corrected chi connectivity index (χ2v) is 10.5. The SMILES string of the molecule is CCCCCCN(C(=O)c1ccc(Cl)c([N+](=O)[O-])c1)C(C)c1nc2ccccc2c(=O)n1-c1cccc(Cl)c1C. The fraction of sp³-hybridized carbons (Fsp3) is 0.300. The van der Waals surface area contributed by atoms with Gasteiger partial charge in [0.25, 0.3) is 17.2 Å². The topological polar surface area (TPSA) is 98.3 Å². The molecule has 40 heavy (non-hydrogen) atoms. The molecular formula is C30H30Cl2N4O4. The summed E-state index contributed by atoms with van der Waals surface area (Å²) in [5, 5.41) is 12.4. The number of hydrogen-bond acceptors (Lipinski definition) is 5. The second-order valence-electron chi connectivity index (χ2n) is 9.67. The number of hydrogen-bond donors (Lipinski definition) is 0. The lowest BCUT2D eigenvalue weighted by molar-refractivity contribution is -0.384. The molecule has 8 nitrogen and oxygen atoms in total. The second kappa shape index (κ2) is 12.6. The van der Waals surface area contributed by atoms with E-state index in [1.165, 1.54) is 22.8 Å². The molecule has 1 atom stereocenters. The van der Waals surface area contributed by atoms with Gasteiger partial charge in [-0.3, -0.25) is 24.3 Å². The summed E-state index contributed by atoms with van der Waals surface area (Å²) in [5.41, 5.74) is 1.28. The predicted molar refractivity (Wildman–Crippen MR) is 159 cm³/mol. The molecule has 0 N–H and O–H groups in total. The number of carbonyl (C=O) groups excluding carboxylic acids is 1. The minimum absolute atomic E-state index is 0.0504. The van der Waals surface area contributed by atoms with Gasteiger partial charge in [0.15, 0.2) is 0 Å². The number of aromatic nitrogens is 2. The molecule has 0 aliphatic carbocycles. The van der Waals surface area contributed by atoms with Crippen LogP contribution in [0.4, 0.5) is 5.69 Å². The molecule has 4 rings (SSSR count). The van der Waals surface area contributed by atoms with Gasteiger partial charge in [-0.25, -0.2) is 4.98 Å². The molecule has 0 aliphatic rings. The molecular weight excluding hydrogens is 551 g/mol. The summed E-state index contributed by atoms with van der Waals surface area (Å²) in [6, 6.07) is 15.7. The van der Waals surface area contributed by atoms with Crippen molar-refractivity contribution in [3.8, 4) is 5.69 Å². The van der Waals surface area contributed by atoms with Crippen LogP contribution in [0, 0.1) is 17.0 Å². The van der Waals surface area contributed by atoms with Gasteiger partial charge < -0.3 is 4.90 Å². The Morgan fingerprint density at radius 2 is 1.80 bits per heavy atom. The summed E-state index contributed by atoms with van der Waals surface area (Å²) in [4.78, 5) is 45.3. The van der Waals surface area contributed by atoms with Crippen LogP contribution < -0.4 is 5.56 Å². The van der Waals surface area contributed by atoms with E-state index in [2.05, 4.69) is 6.92 Å². The number of nitro benzene ring substituents is 1. The summed E-state index contributed by atoms with van der Waals surface area (Å²) >= 11 is 12.5. The van der Waals surface area contributed by atoms with Gasteiger partial charge in [-0.15, -0.1) is 0 Å². The summed E-state index contributed by atoms with van der Waals surface area (Å²) in [6.07, 6.45) is 3.64. The number of carbonyl (C=O) groups is 1. The molecule has 0 saturated heterocycles. The monoisotopic (exact) mass is 580 g/mol. The van der Waals surface area contributed by atoms with Crippen LogP contribution >= 0.6 is 23.2 Å². The third-order valence-electron chi connectivity index (χ3n) is 7.03. The molecule has 1 heterocycles. The van der Waals surface area contributed by atoms with Gasteiger partial charge in [-0.1, -0.05) is 67.6 Å². The predicted octanol–water partition coefficient (Wildman–Crippen LogP) is 7.69. The lowest BCUT2D eigenvalue weighted by Crippen LogP contribution is -2.38. The van der Waals surface area contributed by atoms with Gasteiger partial charge in [0, 0.05) is 23.2 Å². The Kier molecular flexibility index (Phi) is 9.22. The van der Waals surface area contributed by atoms with Crippen LogP contribution in [0.1, 0.15) is 67.3 Å². The standard InChI is InChI=1S/C30H30Cl2N4O4/c1-4-5-6-9-17-34(29(37)21-15-16-24(32)27(18-21)36(39)40)20(3)28-33-25-13-8-7-11-22(25)30(38)35(28)26-14-10-12-23(31)19(26)2/h7-8,10-16,18,20H,4-6,9,17H2,1-3H3. The van der Waals surface area contributed by atoms with Crippen molar-refractivity contribution >= 4 is 45.7 Å². The van der Waals surface area contributed by atoms with Gasteiger partial charge in [-0.05, 0) is 62.2 Å². The van der Waals surface area contributed by atoms with Crippen LogP contribution in [-0.2, 0) is 0 Å². The molecule has 3 aromatic carbocycles. The highest BCUT2D eigenvalue weighted by molar-refractivity contribution is 6.32. The number of amides is 1. The molecule has 208 valence electrons. The van der Waals surface area contributed by atoms with Crippen molar-refractivity contribution in [3.63, 3.8) is 0 Å². The normalized spacial score (nSPS) is 11.9. The van der Waals surface area contributed by atoms with Crippen LogP contribution in [0.3, 0.4) is 0 Å². The van der Waals surface area contributed by atoms with E-state index >= 15 is 0 Å². The minimum Gasteiger partial charge on any atom is -0.329 e. The van der Waals surface area contributed by atoms with E-state index in [4.69, 9.17) is 28.2 Å². The van der Waals surface area contributed by atoms with Crippen molar-refractivity contribution in [2.45, 2.75) is 52.5 Å². The lowest BCUT2D eigenvalue weighted by atomic mass is 10.1. The summed E-state index contributed by atoms with van der Waals surface area (Å²) in [7, 11) is 0. The Bertz CT molecular complexity index is 1640. The van der Waals surface area contributed by atoms with Gasteiger partial charge >= 0.3 is 0 Å². The maximum Gasteiger partial charge on any atom is 0.288 e. The highest BCUT2D eigenvalue weighted by Crippen LogP contribution is 2.30. The third kappa shape index (κ3) is 5.88. The third-order valence-corrected chi connectivity index (χ3v) is 7.76. The van der Waals surface area contributed by atoms with Crippen molar-refractivity contribution < 1.29 is 9.72 Å². The molecule has 1 aromatic heterocycles. The maximum absolute atomic E-state index is 14.0. The molecule has 4 aromatic rings. The number of rotatable bonds is 10. The first-order chi connectivity index (χ1) is 19.1. The Balaban J connectivity index is 1.90. The van der Waals surface area contributed by atoms with Crippen LogP contribution in [-0.4, -0.2) is 31.8 Å². The zero-order valence-electron chi connectivity index (χ0n) is 22.6. The fourth-order valence-electron chi connectivity index (χ4n) is 4.77. The number of fused-ring (bicyclic) bond motifs is 1. The van der Waals surface area contributed by atoms with E-state index in [-0.39, 0.29) is 21.8 Å². The molecule has 0 fully saturated rings. The number of nitrogens with zero attached hydrogens (tertiary/aromatic N) is 4. The largest absolute Gasteiger partial charge is 0.329 e. The maximum atomic E-state index is 14.0. The van der Waals surface area contributed by atoms with E-state index in [0.717, 1.165) is 19.3 Å². The number of nitro groups is 1. The lowest BCUT2D eigenvalue weighted by Gasteiger charge is -2.31. The minimum atomic E-state index is -0.667. The van der Waals surface area contributed by atoms with E-state index < -0.39 is 16.9 Å². The Morgan fingerprint density at radius 1 is 1.05 bits per heavy atom. The molecule has 0 bridgehead atoms. The van der Waals surface area contributed by atoms with Crippen molar-refractivity contribution in [2.24, 2.45) is 0 Å².